The van der Waals surface area contributed by atoms with Crippen molar-refractivity contribution in [3.05, 3.63) is 55.1 Å². The van der Waals surface area contributed by atoms with Crippen LogP contribution in [0.1, 0.15) is 18.4 Å². The fourth-order valence-corrected chi connectivity index (χ4v) is 1.71. The molecule has 0 saturated heterocycles. The maximum Gasteiger partial charge on any atom is 0.120 e. The molecule has 0 spiro atoms. The summed E-state index contributed by atoms with van der Waals surface area (Å²) in [5.41, 5.74) is 6.38. The molecule has 2 heteroatoms. The smallest absolute Gasteiger partial charge is 0.120 e. The van der Waals surface area contributed by atoms with Crippen LogP contribution in [0.5, 0.6) is 5.75 Å². The summed E-state index contributed by atoms with van der Waals surface area (Å²) >= 11 is 0. The number of hydrogen-bond donors (Lipinski definition) is 2. The van der Waals surface area contributed by atoms with Gasteiger partial charge in [-0.25, -0.2) is 0 Å². The van der Waals surface area contributed by atoms with Gasteiger partial charge in [0.05, 0.1) is 5.54 Å². The first-order valence-electron chi connectivity index (χ1n) is 4.93. The van der Waals surface area contributed by atoms with Crippen LogP contribution in [0.15, 0.2) is 49.6 Å². The molecule has 1 aromatic rings. The molecule has 2 nitrogen and oxygen atoms in total. The van der Waals surface area contributed by atoms with Crippen molar-refractivity contribution < 1.29 is 5.11 Å². The molecular weight excluding hydrogens is 186 g/mol. The summed E-state index contributed by atoms with van der Waals surface area (Å²) in [7, 11) is 0. The van der Waals surface area contributed by atoms with Crippen LogP contribution in [0.2, 0.25) is 0 Å². The van der Waals surface area contributed by atoms with Crippen molar-refractivity contribution in [2.24, 2.45) is 5.73 Å². The van der Waals surface area contributed by atoms with Crippen LogP contribution in [0.4, 0.5) is 0 Å². The molecule has 0 saturated carbocycles. The van der Waals surface area contributed by atoms with Crippen LogP contribution in [-0.2, 0) is 5.54 Å². The lowest BCUT2D eigenvalue weighted by Crippen LogP contribution is -2.35. The van der Waals surface area contributed by atoms with Gasteiger partial charge in [0.25, 0.3) is 0 Å². The maximum absolute atomic E-state index is 9.75. The van der Waals surface area contributed by atoms with E-state index >= 15 is 0 Å². The lowest BCUT2D eigenvalue weighted by molar-refractivity contribution is 0.407. The number of aromatic hydroxyl groups is 1. The number of nitrogens with two attached hydrogens (primary N) is 1. The average Bonchev–Trinajstić information content (AvgIpc) is 2.19. The molecule has 0 bridgehead atoms. The Morgan fingerprint density at radius 3 is 2.20 bits per heavy atom. The maximum atomic E-state index is 9.75. The third-order valence-electron chi connectivity index (χ3n) is 2.46. The molecule has 0 heterocycles. The van der Waals surface area contributed by atoms with Crippen LogP contribution < -0.4 is 5.73 Å². The summed E-state index contributed by atoms with van der Waals surface area (Å²) in [6, 6.07) is 7.12. The van der Waals surface area contributed by atoms with Crippen molar-refractivity contribution in [1.82, 2.24) is 0 Å². The second-order valence-corrected chi connectivity index (χ2v) is 3.66. The predicted octanol–water partition coefficient (Wildman–Crippen LogP) is 2.70. The highest BCUT2D eigenvalue weighted by atomic mass is 16.3. The summed E-state index contributed by atoms with van der Waals surface area (Å²) < 4.78 is 0. The van der Waals surface area contributed by atoms with Gasteiger partial charge in [-0.3, -0.25) is 0 Å². The van der Waals surface area contributed by atoms with E-state index in [0.717, 1.165) is 5.56 Å². The lowest BCUT2D eigenvalue weighted by atomic mass is 9.84. The average molecular weight is 203 g/mol. The van der Waals surface area contributed by atoms with E-state index in [0.29, 0.717) is 12.8 Å². The molecule has 0 radical (unpaired) electrons. The van der Waals surface area contributed by atoms with E-state index < -0.39 is 5.54 Å². The van der Waals surface area contributed by atoms with Gasteiger partial charge in [0, 0.05) is 5.56 Å². The fraction of sp³-hybridized carbons (Fsp3) is 0.231. The van der Waals surface area contributed by atoms with Crippen LogP contribution in [-0.4, -0.2) is 5.11 Å². The Kier molecular flexibility index (Phi) is 3.69. The molecule has 3 N–H and O–H groups in total. The highest BCUT2D eigenvalue weighted by molar-refractivity contribution is 5.38. The van der Waals surface area contributed by atoms with Crippen molar-refractivity contribution in [1.29, 1.82) is 0 Å². The zero-order chi connectivity index (χ0) is 11.3. The largest absolute Gasteiger partial charge is 0.508 e. The summed E-state index contributed by atoms with van der Waals surface area (Å²) in [6.45, 7) is 7.37. The zero-order valence-electron chi connectivity index (χ0n) is 8.82. The van der Waals surface area contributed by atoms with Gasteiger partial charge in [-0.05, 0) is 18.9 Å². The topological polar surface area (TPSA) is 46.2 Å². The van der Waals surface area contributed by atoms with E-state index in [9.17, 15) is 5.11 Å². The molecule has 1 rings (SSSR count). The molecule has 0 atom stereocenters. The molecule has 0 aliphatic heterocycles. The Morgan fingerprint density at radius 1 is 1.20 bits per heavy atom. The number of para-hydroxylation sites is 1. The third-order valence-corrected chi connectivity index (χ3v) is 2.46. The number of phenolic OH excluding ortho intramolecular Hbond substituents is 1. The highest BCUT2D eigenvalue weighted by Gasteiger charge is 2.26. The highest BCUT2D eigenvalue weighted by Crippen LogP contribution is 2.32. The van der Waals surface area contributed by atoms with Crippen LogP contribution in [0, 0.1) is 0 Å². The molecule has 15 heavy (non-hydrogen) atoms. The van der Waals surface area contributed by atoms with Gasteiger partial charge in [0.1, 0.15) is 5.75 Å². The van der Waals surface area contributed by atoms with Gasteiger partial charge < -0.3 is 10.8 Å². The molecule has 80 valence electrons. The van der Waals surface area contributed by atoms with Gasteiger partial charge >= 0.3 is 0 Å². The number of phenols is 1. The van der Waals surface area contributed by atoms with Gasteiger partial charge in [0.2, 0.25) is 0 Å². The van der Waals surface area contributed by atoms with Gasteiger partial charge in [0.15, 0.2) is 0 Å². The Labute approximate surface area is 90.7 Å². The van der Waals surface area contributed by atoms with Crippen molar-refractivity contribution in [3.63, 3.8) is 0 Å². The standard InChI is InChI=1S/C13H17NO/c1-3-9-13(14,10-4-2)11-7-5-6-8-12(11)15/h3-8,15H,1-2,9-10,14H2. The minimum Gasteiger partial charge on any atom is -0.508 e. The molecule has 0 aliphatic rings. The van der Waals surface area contributed by atoms with Crippen molar-refractivity contribution >= 4 is 0 Å². The zero-order valence-corrected chi connectivity index (χ0v) is 8.82. The Morgan fingerprint density at radius 2 is 1.73 bits per heavy atom. The van der Waals surface area contributed by atoms with Crippen molar-refractivity contribution in [2.45, 2.75) is 18.4 Å². The minimum absolute atomic E-state index is 0.226. The monoisotopic (exact) mass is 203 g/mol. The Hall–Kier alpha value is -1.54. The van der Waals surface area contributed by atoms with E-state index in [2.05, 4.69) is 13.2 Å². The molecule has 0 aliphatic carbocycles. The Bertz CT molecular complexity index is 347. The number of rotatable bonds is 5. The second kappa shape index (κ2) is 4.80. The van der Waals surface area contributed by atoms with E-state index in [1.807, 2.05) is 12.1 Å². The van der Waals surface area contributed by atoms with E-state index in [-0.39, 0.29) is 5.75 Å². The van der Waals surface area contributed by atoms with Crippen LogP contribution >= 0.6 is 0 Å². The van der Waals surface area contributed by atoms with E-state index in [1.165, 1.54) is 0 Å². The molecule has 0 amide bonds. The third kappa shape index (κ3) is 2.48. The molecule has 0 unspecified atom stereocenters. The van der Waals surface area contributed by atoms with E-state index in [1.54, 1.807) is 24.3 Å². The molecule has 1 aromatic carbocycles. The molecule has 0 fully saturated rings. The normalized spacial score (nSPS) is 11.0. The fourth-order valence-electron chi connectivity index (χ4n) is 1.71. The van der Waals surface area contributed by atoms with Gasteiger partial charge in [-0.1, -0.05) is 30.4 Å². The first kappa shape index (κ1) is 11.5. The van der Waals surface area contributed by atoms with Gasteiger partial charge in [-0.2, -0.15) is 0 Å². The number of benzene rings is 1. The van der Waals surface area contributed by atoms with Crippen LogP contribution in [0.3, 0.4) is 0 Å². The summed E-state index contributed by atoms with van der Waals surface area (Å²) in [5, 5.41) is 9.75. The lowest BCUT2D eigenvalue weighted by Gasteiger charge is -2.28. The van der Waals surface area contributed by atoms with E-state index in [4.69, 9.17) is 5.73 Å². The van der Waals surface area contributed by atoms with Crippen molar-refractivity contribution in [3.8, 4) is 5.75 Å². The summed E-state index contributed by atoms with van der Waals surface area (Å²) in [4.78, 5) is 0. The quantitative estimate of drug-likeness (QED) is 0.723. The summed E-state index contributed by atoms with van der Waals surface area (Å²) in [5.74, 6) is 0.226. The Balaban J connectivity index is 3.13. The molecular formula is C13H17NO. The number of hydrogen-bond acceptors (Lipinski definition) is 2. The van der Waals surface area contributed by atoms with Crippen molar-refractivity contribution in [2.75, 3.05) is 0 Å². The molecule has 0 aromatic heterocycles. The SMILES string of the molecule is C=CCC(N)(CC=C)c1ccccc1O. The minimum atomic E-state index is -0.602. The summed E-state index contributed by atoms with van der Waals surface area (Å²) in [6.07, 6.45) is 4.74. The second-order valence-electron chi connectivity index (χ2n) is 3.66. The predicted molar refractivity (Wildman–Crippen MR) is 63.6 cm³/mol. The van der Waals surface area contributed by atoms with Crippen LogP contribution in [0.25, 0.3) is 0 Å². The first-order valence-corrected chi connectivity index (χ1v) is 4.93. The first-order chi connectivity index (χ1) is 7.14. The van der Waals surface area contributed by atoms with Gasteiger partial charge in [-0.15, -0.1) is 13.2 Å².